The predicted octanol–water partition coefficient (Wildman–Crippen LogP) is 1.68. The van der Waals surface area contributed by atoms with Gasteiger partial charge in [-0.25, -0.2) is 4.79 Å². The minimum atomic E-state index is -0.646. The fraction of sp³-hybridized carbons (Fsp3) is 0.737. The fourth-order valence-corrected chi connectivity index (χ4v) is 3.00. The average Bonchev–Trinajstić information content (AvgIpc) is 2.94. The summed E-state index contributed by atoms with van der Waals surface area (Å²) in [4.78, 5) is 40.3. The third kappa shape index (κ3) is 5.77. The summed E-state index contributed by atoms with van der Waals surface area (Å²) in [5, 5.41) is 0. The maximum Gasteiger partial charge on any atom is 0.329 e. The molecule has 1 fully saturated rings. The van der Waals surface area contributed by atoms with E-state index in [-0.39, 0.29) is 23.7 Å². The number of carbonyl (C=O) groups excluding carboxylic acids is 3. The minimum Gasteiger partial charge on any atom is -0.458 e. The summed E-state index contributed by atoms with van der Waals surface area (Å²) >= 11 is 0. The van der Waals surface area contributed by atoms with Crippen molar-refractivity contribution in [3.8, 4) is 11.8 Å². The van der Waals surface area contributed by atoms with Gasteiger partial charge in [-0.15, -0.1) is 0 Å². The Hall–Kier alpha value is -2.03. The van der Waals surface area contributed by atoms with E-state index in [2.05, 4.69) is 11.8 Å². The molecular weight excluding hydrogens is 320 g/mol. The van der Waals surface area contributed by atoms with Gasteiger partial charge < -0.3 is 14.5 Å². The molecule has 2 amide bonds. The van der Waals surface area contributed by atoms with Gasteiger partial charge in [0.05, 0.1) is 5.92 Å². The van der Waals surface area contributed by atoms with Gasteiger partial charge in [0.2, 0.25) is 5.91 Å². The van der Waals surface area contributed by atoms with Gasteiger partial charge in [0.25, 0.3) is 5.91 Å². The van der Waals surface area contributed by atoms with Crippen molar-refractivity contribution >= 4 is 17.8 Å². The topological polar surface area (TPSA) is 66.9 Å². The van der Waals surface area contributed by atoms with E-state index >= 15 is 0 Å². The van der Waals surface area contributed by atoms with Crippen LogP contribution >= 0.6 is 0 Å². The predicted molar refractivity (Wildman–Crippen MR) is 95.4 cm³/mol. The van der Waals surface area contributed by atoms with Gasteiger partial charge in [-0.1, -0.05) is 19.8 Å². The fourth-order valence-electron chi connectivity index (χ4n) is 3.00. The largest absolute Gasteiger partial charge is 0.458 e. The normalized spacial score (nSPS) is 18.4. The smallest absolute Gasteiger partial charge is 0.329 e. The molecule has 1 rings (SSSR count). The molecular formula is C19H30N2O4. The summed E-state index contributed by atoms with van der Waals surface area (Å²) < 4.78 is 5.47. The molecule has 0 N–H and O–H groups in total. The number of likely N-dealkylation sites (N-methyl/N-ethyl adjacent to an activating group) is 1. The monoisotopic (exact) mass is 350 g/mol. The molecule has 0 spiro atoms. The number of nitrogens with zero attached hydrogens (tertiary/aromatic N) is 2. The second-order valence-corrected chi connectivity index (χ2v) is 7.78. The Morgan fingerprint density at radius 1 is 1.24 bits per heavy atom. The molecule has 0 bridgehead atoms. The standard InChI is InChI=1S/C19H30N2O4/c1-8-9-15(22)21-11-10-14(12-21)17(23)20(7)16(13(2)3)18(24)25-19(4,5)6/h13-14,16H,10-12H2,1-7H3/t14-,16?/m0/s1. The van der Waals surface area contributed by atoms with Crippen LogP contribution in [0.2, 0.25) is 0 Å². The molecule has 1 aliphatic rings. The molecule has 0 radical (unpaired) electrons. The van der Waals surface area contributed by atoms with E-state index in [4.69, 9.17) is 4.74 Å². The first-order chi connectivity index (χ1) is 11.5. The number of esters is 1. The number of hydrogen-bond donors (Lipinski definition) is 0. The zero-order chi connectivity index (χ0) is 19.4. The molecule has 1 saturated heterocycles. The van der Waals surface area contributed by atoms with E-state index in [1.807, 2.05) is 13.8 Å². The van der Waals surface area contributed by atoms with Gasteiger partial charge in [-0.3, -0.25) is 9.59 Å². The Morgan fingerprint density at radius 2 is 1.84 bits per heavy atom. The number of carbonyl (C=O) groups is 3. The summed E-state index contributed by atoms with van der Waals surface area (Å²) in [5.74, 6) is 3.91. The van der Waals surface area contributed by atoms with Gasteiger partial charge in [-0.2, -0.15) is 0 Å². The molecule has 1 heterocycles. The number of rotatable bonds is 4. The number of hydrogen-bond acceptors (Lipinski definition) is 4. The van der Waals surface area contributed by atoms with Gasteiger partial charge >= 0.3 is 5.97 Å². The van der Waals surface area contributed by atoms with Crippen molar-refractivity contribution in [1.29, 1.82) is 0 Å². The minimum absolute atomic E-state index is 0.0751. The van der Waals surface area contributed by atoms with E-state index in [1.165, 1.54) is 4.90 Å². The van der Waals surface area contributed by atoms with Crippen LogP contribution in [-0.4, -0.2) is 59.4 Å². The average molecular weight is 350 g/mol. The highest BCUT2D eigenvalue weighted by Gasteiger charge is 2.38. The van der Waals surface area contributed by atoms with E-state index in [1.54, 1.807) is 39.6 Å². The second kappa shape index (κ2) is 8.37. The third-order valence-corrected chi connectivity index (χ3v) is 4.10. The van der Waals surface area contributed by atoms with Crippen LogP contribution in [0.15, 0.2) is 0 Å². The highest BCUT2D eigenvalue weighted by molar-refractivity contribution is 5.94. The number of amides is 2. The summed E-state index contributed by atoms with van der Waals surface area (Å²) in [7, 11) is 1.63. The molecule has 2 atom stereocenters. The first-order valence-electron chi connectivity index (χ1n) is 8.69. The van der Waals surface area contributed by atoms with Gasteiger partial charge in [0.15, 0.2) is 0 Å². The van der Waals surface area contributed by atoms with Gasteiger partial charge in [0, 0.05) is 20.1 Å². The summed E-state index contributed by atoms with van der Waals surface area (Å²) in [5.41, 5.74) is -0.608. The van der Waals surface area contributed by atoms with Gasteiger partial charge in [-0.05, 0) is 46.0 Å². The SMILES string of the molecule is CC#CC(=O)N1CC[C@H](C(=O)N(C)C(C(=O)OC(C)(C)C)C(C)C)C1. The number of ether oxygens (including phenoxy) is 1. The van der Waals surface area contributed by atoms with E-state index in [0.717, 1.165) is 0 Å². The Balaban J connectivity index is 2.83. The van der Waals surface area contributed by atoms with Crippen LogP contribution in [0.3, 0.4) is 0 Å². The molecule has 6 nitrogen and oxygen atoms in total. The molecule has 140 valence electrons. The highest BCUT2D eigenvalue weighted by Crippen LogP contribution is 2.22. The molecule has 0 aromatic rings. The lowest BCUT2D eigenvalue weighted by Crippen LogP contribution is -2.50. The van der Waals surface area contributed by atoms with Gasteiger partial charge in [0.1, 0.15) is 11.6 Å². The van der Waals surface area contributed by atoms with Crippen molar-refractivity contribution < 1.29 is 19.1 Å². The van der Waals surface area contributed by atoms with Crippen LogP contribution in [-0.2, 0) is 19.1 Å². The lowest BCUT2D eigenvalue weighted by atomic mass is 9.99. The Morgan fingerprint density at radius 3 is 2.32 bits per heavy atom. The molecule has 1 unspecified atom stereocenters. The number of likely N-dealkylation sites (tertiary alicyclic amines) is 1. The van der Waals surface area contributed by atoms with E-state index < -0.39 is 17.6 Å². The Kier molecular flexibility index (Phi) is 7.04. The second-order valence-electron chi connectivity index (χ2n) is 7.78. The van der Waals surface area contributed by atoms with Crippen LogP contribution in [0.4, 0.5) is 0 Å². The first-order valence-corrected chi connectivity index (χ1v) is 8.69. The Labute approximate surface area is 150 Å². The molecule has 25 heavy (non-hydrogen) atoms. The third-order valence-electron chi connectivity index (χ3n) is 4.10. The van der Waals surface area contributed by atoms with Crippen LogP contribution < -0.4 is 0 Å². The van der Waals surface area contributed by atoms with Crippen LogP contribution in [0.1, 0.15) is 48.0 Å². The summed E-state index contributed by atoms with van der Waals surface area (Å²) in [6.07, 6.45) is 0.583. The quantitative estimate of drug-likeness (QED) is 0.571. The molecule has 6 heteroatoms. The van der Waals surface area contributed by atoms with Crippen molar-refractivity contribution in [3.05, 3.63) is 0 Å². The molecule has 0 aromatic heterocycles. The van der Waals surface area contributed by atoms with E-state index in [0.29, 0.717) is 19.5 Å². The van der Waals surface area contributed by atoms with Crippen molar-refractivity contribution in [3.63, 3.8) is 0 Å². The lowest BCUT2D eigenvalue weighted by molar-refractivity contribution is -0.166. The maximum atomic E-state index is 12.8. The van der Waals surface area contributed by atoms with Crippen LogP contribution in [0, 0.1) is 23.7 Å². The Bertz CT molecular complexity index is 580. The van der Waals surface area contributed by atoms with Crippen molar-refractivity contribution in [1.82, 2.24) is 9.80 Å². The van der Waals surface area contributed by atoms with Crippen LogP contribution in [0.5, 0.6) is 0 Å². The molecule has 0 aromatic carbocycles. The summed E-state index contributed by atoms with van der Waals surface area (Å²) in [6, 6.07) is -0.646. The maximum absolute atomic E-state index is 12.8. The van der Waals surface area contributed by atoms with Crippen molar-refractivity contribution in [2.75, 3.05) is 20.1 Å². The zero-order valence-electron chi connectivity index (χ0n) is 16.4. The van der Waals surface area contributed by atoms with Crippen molar-refractivity contribution in [2.24, 2.45) is 11.8 Å². The molecule has 1 aliphatic heterocycles. The lowest BCUT2D eigenvalue weighted by Gasteiger charge is -2.33. The van der Waals surface area contributed by atoms with Crippen LogP contribution in [0.25, 0.3) is 0 Å². The first kappa shape index (κ1) is 21.0. The van der Waals surface area contributed by atoms with E-state index in [9.17, 15) is 14.4 Å². The highest BCUT2D eigenvalue weighted by atomic mass is 16.6. The summed E-state index contributed by atoms with van der Waals surface area (Å²) in [6.45, 7) is 11.7. The molecule has 0 saturated carbocycles. The molecule has 0 aliphatic carbocycles. The zero-order valence-corrected chi connectivity index (χ0v) is 16.4. The van der Waals surface area contributed by atoms with Crippen molar-refractivity contribution in [2.45, 2.75) is 59.6 Å².